The van der Waals surface area contributed by atoms with Gasteiger partial charge in [0.05, 0.1) is 0 Å². The molecule has 1 aromatic rings. The number of rotatable bonds is 3. The molecule has 1 aliphatic rings. The van der Waals surface area contributed by atoms with Crippen LogP contribution in [0.5, 0.6) is 0 Å². The molecule has 0 unspecified atom stereocenters. The van der Waals surface area contributed by atoms with E-state index in [1.54, 1.807) is 0 Å². The predicted molar refractivity (Wildman–Crippen MR) is 65.5 cm³/mol. The first kappa shape index (κ1) is 10.5. The van der Waals surface area contributed by atoms with E-state index in [0.29, 0.717) is 6.04 Å². The lowest BCUT2D eigenvalue weighted by Crippen LogP contribution is -2.35. The predicted octanol–water partition coefficient (Wildman–Crippen LogP) is 2.18. The first-order chi connectivity index (χ1) is 7.27. The fourth-order valence-corrected chi connectivity index (χ4v) is 2.33. The highest BCUT2D eigenvalue weighted by molar-refractivity contribution is 5.52. The van der Waals surface area contributed by atoms with E-state index in [2.05, 4.69) is 48.5 Å². The molecule has 0 spiro atoms. The lowest BCUT2D eigenvalue weighted by Gasteiger charge is -2.24. The quantitative estimate of drug-likeness (QED) is 0.812. The van der Waals surface area contributed by atoms with E-state index in [1.807, 2.05) is 0 Å². The molecular weight excluding hydrogens is 184 g/mol. The van der Waals surface area contributed by atoms with Gasteiger partial charge in [0, 0.05) is 25.3 Å². The van der Waals surface area contributed by atoms with Gasteiger partial charge < -0.3 is 10.2 Å². The molecule has 1 aromatic carbocycles. The van der Waals surface area contributed by atoms with Crippen LogP contribution < -0.4 is 10.2 Å². The van der Waals surface area contributed by atoms with Crippen molar-refractivity contribution in [2.75, 3.05) is 25.0 Å². The van der Waals surface area contributed by atoms with Crippen LogP contribution in [0, 0.1) is 6.92 Å². The Morgan fingerprint density at radius 1 is 1.40 bits per heavy atom. The van der Waals surface area contributed by atoms with Crippen molar-refractivity contribution in [1.29, 1.82) is 0 Å². The van der Waals surface area contributed by atoms with Crippen molar-refractivity contribution >= 4 is 5.69 Å². The van der Waals surface area contributed by atoms with E-state index in [1.165, 1.54) is 30.6 Å². The van der Waals surface area contributed by atoms with E-state index in [-0.39, 0.29) is 0 Å². The van der Waals surface area contributed by atoms with Gasteiger partial charge in [0.25, 0.3) is 0 Å². The molecule has 1 N–H and O–H groups in total. The van der Waals surface area contributed by atoms with Crippen LogP contribution in [0.25, 0.3) is 0 Å². The topological polar surface area (TPSA) is 15.3 Å². The maximum absolute atomic E-state index is 3.54. The number of para-hydroxylation sites is 1. The second kappa shape index (κ2) is 4.67. The molecule has 0 amide bonds. The van der Waals surface area contributed by atoms with Gasteiger partial charge in [0.2, 0.25) is 0 Å². The highest BCUT2D eigenvalue weighted by Gasteiger charge is 2.16. The molecule has 1 atom stereocenters. The minimum absolute atomic E-state index is 0.676. The molecule has 1 saturated heterocycles. The smallest absolute Gasteiger partial charge is 0.0393 e. The third kappa shape index (κ3) is 2.51. The van der Waals surface area contributed by atoms with Gasteiger partial charge in [0.15, 0.2) is 0 Å². The van der Waals surface area contributed by atoms with Crippen molar-refractivity contribution in [2.24, 2.45) is 0 Å². The molecule has 0 saturated carbocycles. The van der Waals surface area contributed by atoms with Crippen molar-refractivity contribution < 1.29 is 0 Å². The summed E-state index contributed by atoms with van der Waals surface area (Å²) in [6, 6.07) is 9.26. The van der Waals surface area contributed by atoms with Crippen molar-refractivity contribution in [2.45, 2.75) is 25.8 Å². The first-order valence-corrected chi connectivity index (χ1v) is 5.77. The van der Waals surface area contributed by atoms with Crippen molar-refractivity contribution in [1.82, 2.24) is 5.32 Å². The summed E-state index contributed by atoms with van der Waals surface area (Å²) in [6.07, 6.45) is 2.64. The fraction of sp³-hybridized carbons (Fsp3) is 0.538. The van der Waals surface area contributed by atoms with Gasteiger partial charge in [-0.2, -0.15) is 0 Å². The molecule has 2 nitrogen and oxygen atoms in total. The summed E-state index contributed by atoms with van der Waals surface area (Å²) in [5.41, 5.74) is 2.71. The van der Waals surface area contributed by atoms with E-state index < -0.39 is 0 Å². The average molecular weight is 204 g/mol. The third-order valence-electron chi connectivity index (χ3n) is 3.18. The van der Waals surface area contributed by atoms with E-state index in [0.717, 1.165) is 6.54 Å². The highest BCUT2D eigenvalue weighted by atomic mass is 15.1. The number of hydrogen-bond donors (Lipinski definition) is 1. The Hall–Kier alpha value is -1.02. The molecule has 1 heterocycles. The Balaban J connectivity index is 2.00. The van der Waals surface area contributed by atoms with Gasteiger partial charge in [-0.25, -0.2) is 0 Å². The zero-order valence-corrected chi connectivity index (χ0v) is 9.66. The van der Waals surface area contributed by atoms with Gasteiger partial charge in [-0.1, -0.05) is 18.2 Å². The number of aryl methyl sites for hydroxylation is 1. The van der Waals surface area contributed by atoms with Gasteiger partial charge in [-0.15, -0.1) is 0 Å². The van der Waals surface area contributed by atoms with Crippen molar-refractivity contribution in [3.8, 4) is 0 Å². The van der Waals surface area contributed by atoms with Crippen LogP contribution in [0.15, 0.2) is 24.3 Å². The van der Waals surface area contributed by atoms with E-state index in [4.69, 9.17) is 0 Å². The lowest BCUT2D eigenvalue weighted by molar-refractivity contribution is 0.599. The molecule has 0 aromatic heterocycles. The highest BCUT2D eigenvalue weighted by Crippen LogP contribution is 2.19. The van der Waals surface area contributed by atoms with Crippen LogP contribution in [0.4, 0.5) is 5.69 Å². The maximum atomic E-state index is 3.54. The SMILES string of the molecule is Cc1ccccc1N(C)C[C@H]1CCCN1. The molecule has 0 radical (unpaired) electrons. The van der Waals surface area contributed by atoms with Crippen LogP contribution in [-0.2, 0) is 0 Å². The molecule has 0 aliphatic carbocycles. The van der Waals surface area contributed by atoms with Gasteiger partial charge in [-0.05, 0) is 37.9 Å². The second-order valence-electron chi connectivity index (χ2n) is 4.46. The Morgan fingerprint density at radius 3 is 2.87 bits per heavy atom. The standard InChI is InChI=1S/C13H20N2/c1-11-6-3-4-8-13(11)15(2)10-12-7-5-9-14-12/h3-4,6,8,12,14H,5,7,9-10H2,1-2H3/t12-/m1/s1. The molecule has 2 heteroatoms. The normalized spacial score (nSPS) is 20.5. The summed E-state index contributed by atoms with van der Waals surface area (Å²) in [5.74, 6) is 0. The summed E-state index contributed by atoms with van der Waals surface area (Å²) in [4.78, 5) is 2.36. The summed E-state index contributed by atoms with van der Waals surface area (Å²) in [6.45, 7) is 4.48. The van der Waals surface area contributed by atoms with Crippen LogP contribution in [0.1, 0.15) is 18.4 Å². The maximum Gasteiger partial charge on any atom is 0.0393 e. The molecular formula is C13H20N2. The summed E-state index contributed by atoms with van der Waals surface area (Å²) >= 11 is 0. The van der Waals surface area contributed by atoms with Crippen LogP contribution in [0.2, 0.25) is 0 Å². The van der Waals surface area contributed by atoms with Crippen molar-refractivity contribution in [3.05, 3.63) is 29.8 Å². The monoisotopic (exact) mass is 204 g/mol. The largest absolute Gasteiger partial charge is 0.373 e. The number of nitrogens with zero attached hydrogens (tertiary/aromatic N) is 1. The number of anilines is 1. The Labute approximate surface area is 92.3 Å². The number of likely N-dealkylation sites (N-methyl/N-ethyl adjacent to an activating group) is 1. The van der Waals surface area contributed by atoms with Gasteiger partial charge in [0.1, 0.15) is 0 Å². The zero-order chi connectivity index (χ0) is 10.7. The van der Waals surface area contributed by atoms with Crippen molar-refractivity contribution in [3.63, 3.8) is 0 Å². The Morgan fingerprint density at radius 2 is 2.20 bits per heavy atom. The second-order valence-corrected chi connectivity index (χ2v) is 4.46. The van der Waals surface area contributed by atoms with Crippen LogP contribution in [-0.4, -0.2) is 26.2 Å². The minimum atomic E-state index is 0.676. The third-order valence-corrected chi connectivity index (χ3v) is 3.18. The van der Waals surface area contributed by atoms with Crippen LogP contribution in [0.3, 0.4) is 0 Å². The molecule has 1 aliphatic heterocycles. The molecule has 1 fully saturated rings. The Bertz CT molecular complexity index is 316. The molecule has 82 valence electrons. The van der Waals surface area contributed by atoms with E-state index in [9.17, 15) is 0 Å². The number of nitrogens with one attached hydrogen (secondary N) is 1. The lowest BCUT2D eigenvalue weighted by atomic mass is 10.1. The molecule has 15 heavy (non-hydrogen) atoms. The average Bonchev–Trinajstić information content (AvgIpc) is 2.71. The molecule has 0 bridgehead atoms. The summed E-state index contributed by atoms with van der Waals surface area (Å²) in [7, 11) is 2.18. The van der Waals surface area contributed by atoms with Crippen LogP contribution >= 0.6 is 0 Å². The first-order valence-electron chi connectivity index (χ1n) is 5.77. The number of benzene rings is 1. The fourth-order valence-electron chi connectivity index (χ4n) is 2.33. The van der Waals surface area contributed by atoms with Gasteiger partial charge in [-0.3, -0.25) is 0 Å². The van der Waals surface area contributed by atoms with E-state index >= 15 is 0 Å². The molecule has 2 rings (SSSR count). The minimum Gasteiger partial charge on any atom is -0.373 e. The number of hydrogen-bond acceptors (Lipinski definition) is 2. The van der Waals surface area contributed by atoms with Gasteiger partial charge >= 0.3 is 0 Å². The summed E-state index contributed by atoms with van der Waals surface area (Å²) < 4.78 is 0. The summed E-state index contributed by atoms with van der Waals surface area (Å²) in [5, 5.41) is 3.54. The Kier molecular flexibility index (Phi) is 3.27. The zero-order valence-electron chi connectivity index (χ0n) is 9.66.